The van der Waals surface area contributed by atoms with Crippen LogP contribution in [0.3, 0.4) is 0 Å². The minimum atomic E-state index is -0.126. The van der Waals surface area contributed by atoms with Crippen LogP contribution in [0.25, 0.3) is 66.1 Å². The number of hydrogen-bond donors (Lipinski definition) is 0. The van der Waals surface area contributed by atoms with Gasteiger partial charge in [-0.25, -0.2) is 0 Å². The van der Waals surface area contributed by atoms with Gasteiger partial charge in [0.25, 0.3) is 0 Å². The van der Waals surface area contributed by atoms with Gasteiger partial charge in [-0.3, -0.25) is 0 Å². The highest BCUT2D eigenvalue weighted by Gasteiger charge is 2.51. The van der Waals surface area contributed by atoms with Crippen LogP contribution in [0.2, 0.25) is 0 Å². The molecule has 0 N–H and O–H groups in total. The van der Waals surface area contributed by atoms with E-state index in [0.29, 0.717) is 5.41 Å². The molecule has 310 valence electrons. The van der Waals surface area contributed by atoms with Crippen LogP contribution in [-0.2, 0) is 10.8 Å². The van der Waals surface area contributed by atoms with Crippen molar-refractivity contribution < 1.29 is 0 Å². The highest BCUT2D eigenvalue weighted by Crippen LogP contribution is 2.61. The zero-order valence-electron chi connectivity index (χ0n) is 36.9. The zero-order valence-corrected chi connectivity index (χ0v) is 36.9. The van der Waals surface area contributed by atoms with Crippen LogP contribution in [0.4, 0.5) is 17.1 Å². The molecule has 0 amide bonds. The van der Waals surface area contributed by atoms with Gasteiger partial charge >= 0.3 is 0 Å². The lowest BCUT2D eigenvalue weighted by Crippen LogP contribution is -2.48. The van der Waals surface area contributed by atoms with Gasteiger partial charge in [0.05, 0.1) is 5.69 Å². The molecular weight excluding hydrogens is 771 g/mol. The first-order chi connectivity index (χ1) is 31.4. The molecule has 0 aliphatic heterocycles. The lowest BCUT2D eigenvalue weighted by atomic mass is 9.48. The molecule has 4 bridgehead atoms. The van der Waals surface area contributed by atoms with Gasteiger partial charge in [0.15, 0.2) is 0 Å². The van der Waals surface area contributed by atoms with Crippen molar-refractivity contribution in [1.82, 2.24) is 0 Å². The molecule has 9 aromatic carbocycles. The number of fused-ring (bicyclic) bond motifs is 5. The Kier molecular flexibility index (Phi) is 8.52. The topological polar surface area (TPSA) is 3.24 Å². The zero-order chi connectivity index (χ0) is 42.6. The number of benzene rings is 9. The second-order valence-corrected chi connectivity index (χ2v) is 20.4. The van der Waals surface area contributed by atoms with Gasteiger partial charge in [-0.05, 0) is 181 Å². The summed E-state index contributed by atoms with van der Waals surface area (Å²) in [6.45, 7) is 4.77. The maximum atomic E-state index is 2.51. The Morgan fingerprint density at radius 3 is 1.77 bits per heavy atom. The van der Waals surface area contributed by atoms with Crippen LogP contribution >= 0.6 is 0 Å². The first kappa shape index (κ1) is 37.8. The molecule has 0 saturated heterocycles. The molecule has 1 nitrogen and oxygen atoms in total. The van der Waals surface area contributed by atoms with Crippen molar-refractivity contribution in [2.75, 3.05) is 4.90 Å². The minimum absolute atomic E-state index is 0.126. The SMILES string of the molecule is CC1(C)c2ccccc2-c2ccc(N(c3ccc(-c4cccc5ccccc45)cc3)c3ccc(-c4ccc(C56CC7CC(CC(C7)C5)C6)cc4)cc3-c3ccc4ccccc4c3)cc21. The second kappa shape index (κ2) is 14.4. The quantitative estimate of drug-likeness (QED) is 0.155. The van der Waals surface area contributed by atoms with Gasteiger partial charge in [0.1, 0.15) is 0 Å². The molecule has 4 saturated carbocycles. The highest BCUT2D eigenvalue weighted by molar-refractivity contribution is 5.98. The van der Waals surface area contributed by atoms with Gasteiger partial charge in [-0.2, -0.15) is 0 Å². The number of rotatable bonds is 7. The molecule has 1 heteroatoms. The summed E-state index contributed by atoms with van der Waals surface area (Å²) >= 11 is 0. The van der Waals surface area contributed by atoms with E-state index < -0.39 is 0 Å². The summed E-state index contributed by atoms with van der Waals surface area (Å²) in [7, 11) is 0. The fourth-order valence-electron chi connectivity index (χ4n) is 13.5. The number of anilines is 3. The Bertz CT molecular complexity index is 3240. The summed E-state index contributed by atoms with van der Waals surface area (Å²) in [6.07, 6.45) is 8.61. The molecule has 4 fully saturated rings. The molecule has 0 spiro atoms. The molecule has 5 aliphatic carbocycles. The maximum Gasteiger partial charge on any atom is 0.0540 e. The van der Waals surface area contributed by atoms with Gasteiger partial charge < -0.3 is 4.90 Å². The van der Waals surface area contributed by atoms with Crippen molar-refractivity contribution in [2.45, 2.75) is 63.2 Å². The fraction of sp³-hybridized carbons (Fsp3) is 0.206. The predicted molar refractivity (Wildman–Crippen MR) is 270 cm³/mol. The second-order valence-electron chi connectivity index (χ2n) is 20.4. The monoisotopic (exact) mass is 823 g/mol. The molecule has 14 rings (SSSR count). The summed E-state index contributed by atoms with van der Waals surface area (Å²) in [5.41, 5.74) is 18.2. The molecule has 0 aromatic heterocycles. The van der Waals surface area contributed by atoms with Gasteiger partial charge in [-0.1, -0.05) is 166 Å². The molecule has 5 aliphatic rings. The van der Waals surface area contributed by atoms with Crippen LogP contribution < -0.4 is 4.90 Å². The Morgan fingerprint density at radius 1 is 0.391 bits per heavy atom. The van der Waals surface area contributed by atoms with Crippen molar-refractivity contribution in [3.63, 3.8) is 0 Å². The van der Waals surface area contributed by atoms with E-state index >= 15 is 0 Å². The van der Waals surface area contributed by atoms with E-state index in [1.807, 2.05) is 0 Å². The molecule has 64 heavy (non-hydrogen) atoms. The van der Waals surface area contributed by atoms with Crippen LogP contribution in [-0.4, -0.2) is 0 Å². The van der Waals surface area contributed by atoms with Gasteiger partial charge in [0, 0.05) is 22.4 Å². The van der Waals surface area contributed by atoms with Crippen LogP contribution in [0.5, 0.6) is 0 Å². The Hall–Kier alpha value is -6.70. The van der Waals surface area contributed by atoms with Crippen molar-refractivity contribution in [3.8, 4) is 44.5 Å². The Labute approximate surface area is 378 Å². The summed E-state index contributed by atoms with van der Waals surface area (Å²) in [5.74, 6) is 2.81. The molecule has 0 unspecified atom stereocenters. The van der Waals surface area contributed by atoms with E-state index in [4.69, 9.17) is 0 Å². The first-order valence-corrected chi connectivity index (χ1v) is 23.7. The normalized spacial score (nSPS) is 21.2. The van der Waals surface area contributed by atoms with Crippen LogP contribution in [0.1, 0.15) is 69.1 Å². The van der Waals surface area contributed by atoms with E-state index in [1.54, 1.807) is 5.56 Å². The average Bonchev–Trinajstić information content (AvgIpc) is 3.56. The summed E-state index contributed by atoms with van der Waals surface area (Å²) in [4.78, 5) is 2.51. The number of nitrogens with zero attached hydrogens (tertiary/aromatic N) is 1. The summed E-state index contributed by atoms with van der Waals surface area (Å²) in [6, 6.07) is 73.6. The molecular formula is C63H53N. The third kappa shape index (κ3) is 6.04. The standard InChI is InChI=1S/C63H53N/c1-62(2)59-17-8-7-15-56(59)57-30-29-53(37-60(57)62)64(52-27-22-47(23-28-52)55-16-9-13-46-11-5-6-14-54(46)55)61-31-24-49(36-58(61)50-19-18-44-10-3-4-12-48(44)35-50)45-20-25-51(26-21-45)63-38-41-32-42(39-63)34-43(33-41)40-63/h3-31,35-37,41-43H,32-34,38-40H2,1-2H3. The molecule has 0 atom stereocenters. The van der Waals surface area contributed by atoms with Gasteiger partial charge in [0.2, 0.25) is 0 Å². The Morgan fingerprint density at radius 2 is 0.984 bits per heavy atom. The molecule has 0 radical (unpaired) electrons. The van der Waals surface area contributed by atoms with Crippen molar-refractivity contribution >= 4 is 38.6 Å². The van der Waals surface area contributed by atoms with Crippen molar-refractivity contribution in [2.24, 2.45) is 17.8 Å². The first-order valence-electron chi connectivity index (χ1n) is 23.7. The van der Waals surface area contributed by atoms with Crippen LogP contribution in [0.15, 0.2) is 194 Å². The fourth-order valence-corrected chi connectivity index (χ4v) is 13.5. The lowest BCUT2D eigenvalue weighted by molar-refractivity contribution is -0.00518. The third-order valence-corrected chi connectivity index (χ3v) is 16.2. The average molecular weight is 824 g/mol. The van der Waals surface area contributed by atoms with E-state index in [2.05, 4.69) is 213 Å². The van der Waals surface area contributed by atoms with Gasteiger partial charge in [-0.15, -0.1) is 0 Å². The van der Waals surface area contributed by atoms with E-state index in [0.717, 1.165) is 34.8 Å². The maximum absolute atomic E-state index is 2.51. The lowest BCUT2D eigenvalue weighted by Gasteiger charge is -2.57. The number of hydrogen-bond acceptors (Lipinski definition) is 1. The summed E-state index contributed by atoms with van der Waals surface area (Å²) < 4.78 is 0. The minimum Gasteiger partial charge on any atom is -0.310 e. The van der Waals surface area contributed by atoms with Crippen molar-refractivity contribution in [1.29, 1.82) is 0 Å². The largest absolute Gasteiger partial charge is 0.310 e. The third-order valence-electron chi connectivity index (χ3n) is 16.2. The highest BCUT2D eigenvalue weighted by atomic mass is 15.1. The predicted octanol–water partition coefficient (Wildman–Crippen LogP) is 17.2. The summed E-state index contributed by atoms with van der Waals surface area (Å²) in [5, 5.41) is 5.04. The van der Waals surface area contributed by atoms with E-state index in [1.165, 1.54) is 116 Å². The smallest absolute Gasteiger partial charge is 0.0540 e. The Balaban J connectivity index is 0.973. The molecule has 9 aromatic rings. The molecule has 0 heterocycles. The van der Waals surface area contributed by atoms with E-state index in [9.17, 15) is 0 Å². The van der Waals surface area contributed by atoms with E-state index in [-0.39, 0.29) is 5.41 Å². The van der Waals surface area contributed by atoms with Crippen molar-refractivity contribution in [3.05, 3.63) is 211 Å². The van der Waals surface area contributed by atoms with Crippen LogP contribution in [0, 0.1) is 17.8 Å².